The molecular formula is C12H12BrN3O. The van der Waals surface area contributed by atoms with Crippen molar-refractivity contribution in [2.75, 3.05) is 18.2 Å². The standard InChI is InChI=1S/C12H12BrN3O/c1-17-10-4-2-3-9(6-10)16-12-11(14)5-8(13)7-15-12/h2-7H,14H2,1H3,(H,15,16). The number of nitrogens with zero attached hydrogens (tertiary/aromatic N) is 1. The molecule has 4 nitrogen and oxygen atoms in total. The third kappa shape index (κ3) is 2.88. The lowest BCUT2D eigenvalue weighted by atomic mass is 10.3. The van der Waals surface area contributed by atoms with Crippen molar-refractivity contribution < 1.29 is 4.74 Å². The number of nitrogens with one attached hydrogen (secondary N) is 1. The van der Waals surface area contributed by atoms with Crippen LogP contribution in [0.4, 0.5) is 17.2 Å². The highest BCUT2D eigenvalue weighted by Gasteiger charge is 2.02. The summed E-state index contributed by atoms with van der Waals surface area (Å²) in [6, 6.07) is 9.38. The Bertz CT molecular complexity index is 531. The summed E-state index contributed by atoms with van der Waals surface area (Å²) in [5.41, 5.74) is 7.32. The Labute approximate surface area is 108 Å². The van der Waals surface area contributed by atoms with Crippen LogP contribution in [0.5, 0.6) is 5.75 Å². The Hall–Kier alpha value is -1.75. The minimum Gasteiger partial charge on any atom is -0.497 e. The van der Waals surface area contributed by atoms with Gasteiger partial charge in [-0.2, -0.15) is 0 Å². The summed E-state index contributed by atoms with van der Waals surface area (Å²) in [5, 5.41) is 3.14. The second kappa shape index (κ2) is 5.05. The number of rotatable bonds is 3. The predicted octanol–water partition coefficient (Wildman–Crippen LogP) is 3.18. The van der Waals surface area contributed by atoms with Crippen LogP contribution in [-0.4, -0.2) is 12.1 Å². The van der Waals surface area contributed by atoms with E-state index in [4.69, 9.17) is 10.5 Å². The molecule has 0 saturated carbocycles. The van der Waals surface area contributed by atoms with Gasteiger partial charge in [-0.3, -0.25) is 0 Å². The number of anilines is 3. The van der Waals surface area contributed by atoms with Crippen LogP contribution >= 0.6 is 15.9 Å². The number of nitrogen functional groups attached to an aromatic ring is 1. The zero-order valence-corrected chi connectivity index (χ0v) is 10.9. The highest BCUT2D eigenvalue weighted by atomic mass is 79.9. The first-order valence-corrected chi connectivity index (χ1v) is 5.80. The highest BCUT2D eigenvalue weighted by molar-refractivity contribution is 9.10. The van der Waals surface area contributed by atoms with Crippen LogP contribution in [0.3, 0.4) is 0 Å². The van der Waals surface area contributed by atoms with Crippen LogP contribution in [0.15, 0.2) is 41.0 Å². The second-order valence-corrected chi connectivity index (χ2v) is 4.36. The maximum Gasteiger partial charge on any atom is 0.153 e. The molecule has 0 aliphatic heterocycles. The Balaban J connectivity index is 2.25. The van der Waals surface area contributed by atoms with E-state index in [2.05, 4.69) is 26.2 Å². The molecular weight excluding hydrogens is 282 g/mol. The van der Waals surface area contributed by atoms with Crippen LogP contribution in [0, 0.1) is 0 Å². The molecule has 0 unspecified atom stereocenters. The fourth-order valence-corrected chi connectivity index (χ4v) is 1.75. The average Bonchev–Trinajstić information content (AvgIpc) is 2.33. The quantitative estimate of drug-likeness (QED) is 0.912. The van der Waals surface area contributed by atoms with Gasteiger partial charge in [-0.25, -0.2) is 4.98 Å². The molecule has 0 aliphatic carbocycles. The van der Waals surface area contributed by atoms with E-state index in [1.54, 1.807) is 19.4 Å². The molecule has 2 rings (SSSR count). The van der Waals surface area contributed by atoms with E-state index in [0.29, 0.717) is 11.5 Å². The molecule has 3 N–H and O–H groups in total. The molecule has 1 heterocycles. The largest absolute Gasteiger partial charge is 0.497 e. The van der Waals surface area contributed by atoms with Gasteiger partial charge in [-0.05, 0) is 34.1 Å². The second-order valence-electron chi connectivity index (χ2n) is 3.45. The third-order valence-corrected chi connectivity index (χ3v) is 2.65. The molecule has 0 radical (unpaired) electrons. The van der Waals surface area contributed by atoms with E-state index in [1.165, 1.54) is 0 Å². The van der Waals surface area contributed by atoms with E-state index in [0.717, 1.165) is 15.9 Å². The lowest BCUT2D eigenvalue weighted by Crippen LogP contribution is -1.99. The Morgan fingerprint density at radius 1 is 1.35 bits per heavy atom. The number of pyridine rings is 1. The van der Waals surface area contributed by atoms with E-state index in [-0.39, 0.29) is 0 Å². The monoisotopic (exact) mass is 293 g/mol. The van der Waals surface area contributed by atoms with Crippen LogP contribution in [0.25, 0.3) is 0 Å². The molecule has 0 aliphatic rings. The molecule has 0 spiro atoms. The fraction of sp³-hybridized carbons (Fsp3) is 0.0833. The molecule has 17 heavy (non-hydrogen) atoms. The Morgan fingerprint density at radius 2 is 2.18 bits per heavy atom. The van der Waals surface area contributed by atoms with Crippen molar-refractivity contribution in [2.45, 2.75) is 0 Å². The molecule has 0 saturated heterocycles. The first-order valence-electron chi connectivity index (χ1n) is 5.01. The van der Waals surface area contributed by atoms with Gasteiger partial charge in [-0.15, -0.1) is 0 Å². The number of hydrogen-bond acceptors (Lipinski definition) is 4. The first kappa shape index (κ1) is 11.7. The topological polar surface area (TPSA) is 60.2 Å². The lowest BCUT2D eigenvalue weighted by Gasteiger charge is -2.09. The zero-order chi connectivity index (χ0) is 12.3. The van der Waals surface area contributed by atoms with Crippen molar-refractivity contribution in [3.63, 3.8) is 0 Å². The summed E-state index contributed by atoms with van der Waals surface area (Å²) in [5.74, 6) is 1.41. The third-order valence-electron chi connectivity index (χ3n) is 2.22. The maximum atomic E-state index is 5.85. The summed E-state index contributed by atoms with van der Waals surface area (Å²) in [4.78, 5) is 4.20. The molecule has 0 atom stereocenters. The Kier molecular flexibility index (Phi) is 3.49. The summed E-state index contributed by atoms with van der Waals surface area (Å²) >= 11 is 3.31. The van der Waals surface area contributed by atoms with Crippen LogP contribution in [0.2, 0.25) is 0 Å². The normalized spacial score (nSPS) is 10.0. The van der Waals surface area contributed by atoms with Gasteiger partial charge in [0.05, 0.1) is 12.8 Å². The van der Waals surface area contributed by atoms with Gasteiger partial charge in [-0.1, -0.05) is 6.07 Å². The van der Waals surface area contributed by atoms with Gasteiger partial charge in [0.25, 0.3) is 0 Å². The number of aromatic nitrogens is 1. The van der Waals surface area contributed by atoms with E-state index in [1.807, 2.05) is 24.3 Å². The van der Waals surface area contributed by atoms with Gasteiger partial charge >= 0.3 is 0 Å². The van der Waals surface area contributed by atoms with Crippen molar-refractivity contribution in [2.24, 2.45) is 0 Å². The maximum absolute atomic E-state index is 5.85. The van der Waals surface area contributed by atoms with Crippen molar-refractivity contribution in [1.82, 2.24) is 4.98 Å². The molecule has 5 heteroatoms. The summed E-state index contributed by atoms with van der Waals surface area (Å²) in [6.45, 7) is 0. The number of nitrogens with two attached hydrogens (primary N) is 1. The van der Waals surface area contributed by atoms with Gasteiger partial charge in [0.15, 0.2) is 5.82 Å². The average molecular weight is 294 g/mol. The van der Waals surface area contributed by atoms with E-state index >= 15 is 0 Å². The van der Waals surface area contributed by atoms with Crippen molar-refractivity contribution in [3.8, 4) is 5.75 Å². The number of benzene rings is 1. The van der Waals surface area contributed by atoms with Crippen molar-refractivity contribution in [1.29, 1.82) is 0 Å². The van der Waals surface area contributed by atoms with Crippen molar-refractivity contribution >= 4 is 33.1 Å². The molecule has 0 bridgehead atoms. The molecule has 1 aromatic heterocycles. The predicted molar refractivity (Wildman–Crippen MR) is 72.6 cm³/mol. The Morgan fingerprint density at radius 3 is 2.88 bits per heavy atom. The minimum atomic E-state index is 0.585. The summed E-state index contributed by atoms with van der Waals surface area (Å²) < 4.78 is 6.00. The summed E-state index contributed by atoms with van der Waals surface area (Å²) in [7, 11) is 1.63. The number of hydrogen-bond donors (Lipinski definition) is 2. The minimum absolute atomic E-state index is 0.585. The summed E-state index contributed by atoms with van der Waals surface area (Å²) in [6.07, 6.45) is 1.69. The zero-order valence-electron chi connectivity index (χ0n) is 9.27. The smallest absolute Gasteiger partial charge is 0.153 e. The number of halogens is 1. The van der Waals surface area contributed by atoms with Crippen molar-refractivity contribution in [3.05, 3.63) is 41.0 Å². The highest BCUT2D eigenvalue weighted by Crippen LogP contribution is 2.25. The fourth-order valence-electron chi connectivity index (χ4n) is 1.40. The molecule has 1 aromatic carbocycles. The van der Waals surface area contributed by atoms with E-state index in [9.17, 15) is 0 Å². The van der Waals surface area contributed by atoms with Gasteiger partial charge in [0.1, 0.15) is 5.75 Å². The molecule has 88 valence electrons. The molecule has 0 fully saturated rings. The first-order chi connectivity index (χ1) is 8.19. The van der Waals surface area contributed by atoms with Crippen LogP contribution in [-0.2, 0) is 0 Å². The molecule has 0 amide bonds. The van der Waals surface area contributed by atoms with E-state index < -0.39 is 0 Å². The van der Waals surface area contributed by atoms with Crippen LogP contribution < -0.4 is 15.8 Å². The number of ether oxygens (including phenoxy) is 1. The molecule has 2 aromatic rings. The van der Waals surface area contributed by atoms with Gasteiger partial charge < -0.3 is 15.8 Å². The SMILES string of the molecule is COc1cccc(Nc2ncc(Br)cc2N)c1. The van der Waals surface area contributed by atoms with Crippen LogP contribution in [0.1, 0.15) is 0 Å². The van der Waals surface area contributed by atoms with Gasteiger partial charge in [0.2, 0.25) is 0 Å². The number of methoxy groups -OCH3 is 1. The van der Waals surface area contributed by atoms with Gasteiger partial charge in [0, 0.05) is 22.4 Å². The lowest BCUT2D eigenvalue weighted by molar-refractivity contribution is 0.415.